The molecular weight excluding hydrogens is 423 g/mol. The number of hydrogen-bond acceptors (Lipinski definition) is 1. The van der Waals surface area contributed by atoms with Gasteiger partial charge in [0, 0.05) is 34.0 Å². The molecule has 1 atom stereocenters. The highest BCUT2D eigenvalue weighted by molar-refractivity contribution is 14.1. The van der Waals surface area contributed by atoms with Crippen molar-refractivity contribution in [3.05, 3.63) is 78.9 Å². The summed E-state index contributed by atoms with van der Waals surface area (Å²) in [5.74, 6) is 0.0219. The van der Waals surface area contributed by atoms with Gasteiger partial charge < -0.3 is 9.88 Å². The van der Waals surface area contributed by atoms with E-state index >= 15 is 0 Å². The number of amides is 1. The highest BCUT2D eigenvalue weighted by atomic mass is 127. The first-order valence-corrected chi connectivity index (χ1v) is 9.44. The van der Waals surface area contributed by atoms with Crippen LogP contribution >= 0.6 is 22.6 Å². The van der Waals surface area contributed by atoms with Gasteiger partial charge in [0.15, 0.2) is 0 Å². The summed E-state index contributed by atoms with van der Waals surface area (Å²) >= 11 is 2.23. The number of nitrogens with one attached hydrogen (secondary N) is 1. The summed E-state index contributed by atoms with van der Waals surface area (Å²) < 4.78 is 2.07. The Balaban J connectivity index is 1.66. The summed E-state index contributed by atoms with van der Waals surface area (Å²) in [5, 5.41) is 5.44. The van der Waals surface area contributed by atoms with Crippen LogP contribution in [0, 0.1) is 0 Å². The summed E-state index contributed by atoms with van der Waals surface area (Å²) in [6.07, 6.45) is 0. The van der Waals surface area contributed by atoms with Gasteiger partial charge in [0.1, 0.15) is 3.92 Å². The van der Waals surface area contributed by atoms with Gasteiger partial charge in [-0.25, -0.2) is 0 Å². The number of hydrogen-bond donors (Lipinski definition) is 1. The van der Waals surface area contributed by atoms with E-state index in [1.807, 2.05) is 42.5 Å². The fraction of sp³-hybridized carbons (Fsp3) is 0.0952. The Hall–Kier alpha value is -2.34. The Morgan fingerprint density at radius 3 is 1.96 bits per heavy atom. The van der Waals surface area contributed by atoms with Crippen molar-refractivity contribution < 1.29 is 4.79 Å². The molecule has 3 aromatic carbocycles. The molecule has 0 fully saturated rings. The fourth-order valence-corrected chi connectivity index (χ4v) is 3.73. The number of alkyl halides is 1. The number of carbonyl (C=O) groups is 1. The molecule has 124 valence electrons. The second-order valence-corrected chi connectivity index (χ2v) is 7.47. The number of anilines is 1. The molecule has 3 nitrogen and oxygen atoms in total. The maximum atomic E-state index is 12.6. The highest BCUT2D eigenvalue weighted by Crippen LogP contribution is 2.29. The van der Waals surface area contributed by atoms with Gasteiger partial charge in [0.2, 0.25) is 5.91 Å². The lowest BCUT2D eigenvalue weighted by molar-refractivity contribution is -0.115. The van der Waals surface area contributed by atoms with Crippen LogP contribution in [0.4, 0.5) is 5.69 Å². The maximum absolute atomic E-state index is 12.6. The van der Waals surface area contributed by atoms with E-state index in [1.165, 1.54) is 10.8 Å². The first kappa shape index (κ1) is 16.1. The average Bonchev–Trinajstić information content (AvgIpc) is 2.97. The third-order valence-electron chi connectivity index (χ3n) is 4.35. The van der Waals surface area contributed by atoms with E-state index in [9.17, 15) is 4.79 Å². The number of para-hydroxylation sites is 3. The van der Waals surface area contributed by atoms with Crippen LogP contribution in [0.2, 0.25) is 0 Å². The average molecular weight is 440 g/mol. The quantitative estimate of drug-likeness (QED) is 0.342. The summed E-state index contributed by atoms with van der Waals surface area (Å²) in [4.78, 5) is 12.6. The Morgan fingerprint density at radius 2 is 1.36 bits per heavy atom. The van der Waals surface area contributed by atoms with Crippen molar-refractivity contribution in [1.82, 2.24) is 4.57 Å². The number of benzene rings is 3. The van der Waals surface area contributed by atoms with Crippen molar-refractivity contribution in [1.29, 1.82) is 0 Å². The van der Waals surface area contributed by atoms with Crippen LogP contribution < -0.4 is 5.32 Å². The van der Waals surface area contributed by atoms with Gasteiger partial charge in [0.05, 0.1) is 0 Å². The summed E-state index contributed by atoms with van der Waals surface area (Å²) in [6, 6.07) is 26.3. The maximum Gasteiger partial charge on any atom is 0.239 e. The van der Waals surface area contributed by atoms with Gasteiger partial charge in [0.25, 0.3) is 0 Å². The van der Waals surface area contributed by atoms with Gasteiger partial charge >= 0.3 is 0 Å². The minimum atomic E-state index is -0.169. The van der Waals surface area contributed by atoms with E-state index < -0.39 is 0 Å². The minimum absolute atomic E-state index is 0.0219. The standard InChI is InChI=1S/C21H17IN2O/c22-18(21(25)23-15-8-2-1-3-9-15)14-24-19-12-6-4-10-16(19)17-11-5-7-13-20(17)24/h1-13,18H,14H2,(H,23,25). The van der Waals surface area contributed by atoms with Gasteiger partial charge in [-0.15, -0.1) is 0 Å². The largest absolute Gasteiger partial charge is 0.339 e. The number of halogens is 1. The monoisotopic (exact) mass is 440 g/mol. The zero-order valence-electron chi connectivity index (χ0n) is 13.5. The van der Waals surface area contributed by atoms with E-state index in [2.05, 4.69) is 68.9 Å². The van der Waals surface area contributed by atoms with Gasteiger partial charge in [-0.2, -0.15) is 0 Å². The van der Waals surface area contributed by atoms with E-state index in [0.29, 0.717) is 6.54 Å². The van der Waals surface area contributed by atoms with Crippen molar-refractivity contribution in [2.45, 2.75) is 10.5 Å². The van der Waals surface area contributed by atoms with Crippen molar-refractivity contribution in [3.63, 3.8) is 0 Å². The number of rotatable bonds is 4. The molecule has 1 N–H and O–H groups in total. The van der Waals surface area contributed by atoms with Gasteiger partial charge in [-0.1, -0.05) is 77.2 Å². The lowest BCUT2D eigenvalue weighted by Crippen LogP contribution is -2.26. The number of aromatic nitrogens is 1. The molecule has 4 rings (SSSR count). The number of nitrogens with zero attached hydrogens (tertiary/aromatic N) is 1. The third kappa shape index (κ3) is 3.14. The van der Waals surface area contributed by atoms with Crippen molar-refractivity contribution in [2.24, 2.45) is 0 Å². The van der Waals surface area contributed by atoms with E-state index in [0.717, 1.165) is 16.7 Å². The fourth-order valence-electron chi connectivity index (χ4n) is 3.19. The summed E-state index contributed by atoms with van der Waals surface area (Å²) in [7, 11) is 0. The number of fused-ring (bicyclic) bond motifs is 3. The lowest BCUT2D eigenvalue weighted by atomic mass is 10.2. The Labute approximate surface area is 159 Å². The first-order chi connectivity index (χ1) is 12.2. The summed E-state index contributed by atoms with van der Waals surface area (Å²) in [5.41, 5.74) is 3.16. The zero-order valence-corrected chi connectivity index (χ0v) is 15.7. The van der Waals surface area contributed by atoms with Crippen molar-refractivity contribution in [2.75, 3.05) is 5.32 Å². The minimum Gasteiger partial charge on any atom is -0.339 e. The Morgan fingerprint density at radius 1 is 0.840 bits per heavy atom. The second-order valence-electron chi connectivity index (χ2n) is 5.97. The molecule has 0 saturated heterocycles. The topological polar surface area (TPSA) is 34.0 Å². The van der Waals surface area contributed by atoms with Crippen LogP contribution in [0.3, 0.4) is 0 Å². The molecule has 0 aliphatic rings. The Kier molecular flexibility index (Phi) is 4.44. The smallest absolute Gasteiger partial charge is 0.239 e. The lowest BCUT2D eigenvalue weighted by Gasteiger charge is -2.14. The molecule has 1 aromatic heterocycles. The first-order valence-electron chi connectivity index (χ1n) is 8.20. The van der Waals surface area contributed by atoms with Crippen molar-refractivity contribution >= 4 is 56.0 Å². The second kappa shape index (κ2) is 6.88. The molecule has 4 heteroatoms. The van der Waals surface area contributed by atoms with Crippen LogP contribution in [0.5, 0.6) is 0 Å². The molecule has 0 bridgehead atoms. The normalized spacial score (nSPS) is 12.4. The zero-order chi connectivity index (χ0) is 17.2. The highest BCUT2D eigenvalue weighted by Gasteiger charge is 2.18. The molecule has 4 aromatic rings. The van der Waals surface area contributed by atoms with Crippen molar-refractivity contribution in [3.8, 4) is 0 Å². The van der Waals surface area contributed by atoms with E-state index in [1.54, 1.807) is 0 Å². The predicted octanol–water partition coefficient (Wildman–Crippen LogP) is 5.24. The molecule has 0 spiro atoms. The number of carbonyl (C=O) groups excluding carboxylic acids is 1. The molecule has 1 unspecified atom stereocenters. The predicted molar refractivity (Wildman–Crippen MR) is 112 cm³/mol. The van der Waals surface area contributed by atoms with Crippen LogP contribution in [0.15, 0.2) is 78.9 Å². The molecule has 1 heterocycles. The Bertz CT molecular complexity index is 986. The van der Waals surface area contributed by atoms with Crippen LogP contribution in [-0.4, -0.2) is 14.4 Å². The molecule has 0 saturated carbocycles. The molecule has 0 radical (unpaired) electrons. The summed E-state index contributed by atoms with van der Waals surface area (Å²) in [6.45, 7) is 0.632. The van der Waals surface area contributed by atoms with Crippen LogP contribution in [0.25, 0.3) is 21.8 Å². The molecule has 25 heavy (non-hydrogen) atoms. The van der Waals surface area contributed by atoms with Crippen LogP contribution in [-0.2, 0) is 11.3 Å². The van der Waals surface area contributed by atoms with E-state index in [4.69, 9.17) is 0 Å². The van der Waals surface area contributed by atoms with Gasteiger partial charge in [-0.3, -0.25) is 4.79 Å². The van der Waals surface area contributed by atoms with Crippen LogP contribution in [0.1, 0.15) is 0 Å². The molecular formula is C21H17IN2O. The van der Waals surface area contributed by atoms with E-state index in [-0.39, 0.29) is 9.83 Å². The SMILES string of the molecule is O=C(Nc1ccccc1)C(I)Cn1c2ccccc2c2ccccc21. The third-order valence-corrected chi connectivity index (χ3v) is 5.31. The van der Waals surface area contributed by atoms with Gasteiger partial charge in [-0.05, 0) is 24.3 Å². The molecule has 0 aliphatic heterocycles. The molecule has 1 amide bonds. The molecule has 0 aliphatic carbocycles.